The van der Waals surface area contributed by atoms with Gasteiger partial charge in [-0.3, -0.25) is 0 Å². The second-order valence-corrected chi connectivity index (χ2v) is 5.56. The molecule has 0 saturated carbocycles. The Kier molecular flexibility index (Phi) is 6.81. The van der Waals surface area contributed by atoms with Gasteiger partial charge < -0.3 is 0 Å². The van der Waals surface area contributed by atoms with Gasteiger partial charge >= 0.3 is 0 Å². The zero-order valence-electron chi connectivity index (χ0n) is 3.97. The zero-order chi connectivity index (χ0) is 7.00. The van der Waals surface area contributed by atoms with Crippen molar-refractivity contribution >= 4 is 69.6 Å². The summed E-state index contributed by atoms with van der Waals surface area (Å²) in [7, 11) is 0. The van der Waals surface area contributed by atoms with Gasteiger partial charge in [0.05, 0.1) is 0 Å². The summed E-state index contributed by atoms with van der Waals surface area (Å²) >= 11 is 30.9. The molecular formula is C2Cl6Zn. The topological polar surface area (TPSA) is 0 Å². The summed E-state index contributed by atoms with van der Waals surface area (Å²) in [6.07, 6.45) is 0. The van der Waals surface area contributed by atoms with Crippen LogP contribution in [0.15, 0.2) is 0 Å². The average molecular weight is 302 g/mol. The molecule has 0 fully saturated rings. The Morgan fingerprint density at radius 3 is 0.667 bits per heavy atom. The van der Waals surface area contributed by atoms with Crippen LogP contribution in [0.4, 0.5) is 0 Å². The number of rotatable bonds is 0. The van der Waals surface area contributed by atoms with Gasteiger partial charge in [-0.15, -0.1) is 0 Å². The Hall–Kier alpha value is 2.36. The van der Waals surface area contributed by atoms with Gasteiger partial charge in [-0.2, -0.15) is 0 Å². The third-order valence-electron chi connectivity index (χ3n) is 0.321. The van der Waals surface area contributed by atoms with E-state index in [-0.39, 0.29) is 19.5 Å². The molecule has 7 heteroatoms. The molecule has 0 N–H and O–H groups in total. The summed E-state index contributed by atoms with van der Waals surface area (Å²) in [5.74, 6) is 0. The minimum Gasteiger partial charge on any atom is -0.0788 e. The van der Waals surface area contributed by atoms with Gasteiger partial charge in [0, 0.05) is 19.5 Å². The zero-order valence-corrected chi connectivity index (χ0v) is 11.5. The Bertz CT molecular complexity index is 66.0. The van der Waals surface area contributed by atoms with Crippen molar-refractivity contribution in [1.82, 2.24) is 0 Å². The molecular weight excluding hydrogens is 302 g/mol. The van der Waals surface area contributed by atoms with Crippen molar-refractivity contribution in [2.24, 2.45) is 0 Å². The molecule has 0 amide bonds. The first-order chi connectivity index (χ1) is 3.25. The van der Waals surface area contributed by atoms with E-state index in [1.807, 2.05) is 0 Å². The normalized spacial score (nSPS) is 12.7. The molecule has 0 aromatic carbocycles. The largest absolute Gasteiger partial charge is 0.236 e. The number of hydrogen-bond acceptors (Lipinski definition) is 0. The standard InChI is InChI=1S/C2Cl6.Zn/c3-1(4,5)2(6,7)8;. The number of hydrogen-bond donors (Lipinski definition) is 0. The first-order valence-electron chi connectivity index (χ1n) is 1.38. The summed E-state index contributed by atoms with van der Waals surface area (Å²) in [6.45, 7) is 0. The molecule has 0 aromatic heterocycles. The fourth-order valence-electron chi connectivity index (χ4n) is 0. The molecule has 0 heterocycles. The summed E-state index contributed by atoms with van der Waals surface area (Å²) in [5, 5.41) is 0. The van der Waals surface area contributed by atoms with Crippen LogP contribution in [-0.2, 0) is 19.5 Å². The van der Waals surface area contributed by atoms with E-state index in [1.165, 1.54) is 0 Å². The van der Waals surface area contributed by atoms with Gasteiger partial charge in [0.2, 0.25) is 7.59 Å². The third-order valence-corrected chi connectivity index (χ3v) is 2.89. The quantitative estimate of drug-likeness (QED) is 0.472. The molecule has 0 aliphatic heterocycles. The smallest absolute Gasteiger partial charge is 0.0788 e. The monoisotopic (exact) mass is 298 g/mol. The first-order valence-corrected chi connectivity index (χ1v) is 3.65. The van der Waals surface area contributed by atoms with Gasteiger partial charge in [0.25, 0.3) is 0 Å². The SMILES string of the molecule is ClC(Cl)(Cl)C(Cl)(Cl)Cl.[Zn]. The van der Waals surface area contributed by atoms with Gasteiger partial charge in [0.1, 0.15) is 0 Å². The van der Waals surface area contributed by atoms with Crippen LogP contribution in [0.2, 0.25) is 0 Å². The van der Waals surface area contributed by atoms with E-state index in [2.05, 4.69) is 0 Å². The molecule has 0 aliphatic rings. The molecule has 0 aliphatic carbocycles. The van der Waals surface area contributed by atoms with Gasteiger partial charge in [0.15, 0.2) is 0 Å². The van der Waals surface area contributed by atoms with Gasteiger partial charge in [-0.25, -0.2) is 0 Å². The van der Waals surface area contributed by atoms with Crippen LogP contribution in [0.5, 0.6) is 0 Å². The fourth-order valence-corrected chi connectivity index (χ4v) is 0. The Morgan fingerprint density at radius 2 is 0.667 bits per heavy atom. The second-order valence-electron chi connectivity index (χ2n) is 0.996. The van der Waals surface area contributed by atoms with Crippen molar-refractivity contribution in [2.75, 3.05) is 0 Å². The van der Waals surface area contributed by atoms with E-state index in [0.717, 1.165) is 0 Å². The maximum atomic E-state index is 5.14. The minimum atomic E-state index is -1.85. The van der Waals surface area contributed by atoms with Crippen LogP contribution in [-0.4, -0.2) is 7.59 Å². The molecule has 0 rings (SSSR count). The molecule has 0 atom stereocenters. The van der Waals surface area contributed by atoms with Crippen molar-refractivity contribution in [2.45, 2.75) is 7.59 Å². The predicted octanol–water partition coefficient (Wildman–Crippen LogP) is 3.72. The van der Waals surface area contributed by atoms with Crippen LogP contribution >= 0.6 is 69.6 Å². The Labute approximate surface area is 95.8 Å². The Morgan fingerprint density at radius 1 is 0.556 bits per heavy atom. The van der Waals surface area contributed by atoms with Crippen LogP contribution < -0.4 is 0 Å². The van der Waals surface area contributed by atoms with Crippen molar-refractivity contribution in [3.8, 4) is 0 Å². The minimum absolute atomic E-state index is 0. The van der Waals surface area contributed by atoms with E-state index < -0.39 is 7.59 Å². The molecule has 0 saturated heterocycles. The molecule has 9 heavy (non-hydrogen) atoms. The van der Waals surface area contributed by atoms with E-state index in [4.69, 9.17) is 69.6 Å². The van der Waals surface area contributed by atoms with E-state index in [1.54, 1.807) is 0 Å². The summed E-state index contributed by atoms with van der Waals surface area (Å²) in [4.78, 5) is 0. The van der Waals surface area contributed by atoms with Crippen molar-refractivity contribution in [3.05, 3.63) is 0 Å². The van der Waals surface area contributed by atoms with E-state index in [0.29, 0.717) is 0 Å². The predicted molar refractivity (Wildman–Crippen MR) is 40.6 cm³/mol. The van der Waals surface area contributed by atoms with Crippen LogP contribution in [0.1, 0.15) is 0 Å². The van der Waals surface area contributed by atoms with Crippen molar-refractivity contribution < 1.29 is 19.5 Å². The summed E-state index contributed by atoms with van der Waals surface area (Å²) in [5.41, 5.74) is 0. The molecule has 52 valence electrons. The van der Waals surface area contributed by atoms with Gasteiger partial charge in [-0.05, 0) is 0 Å². The number of alkyl halides is 6. The van der Waals surface area contributed by atoms with Crippen molar-refractivity contribution in [1.29, 1.82) is 0 Å². The van der Waals surface area contributed by atoms with Crippen LogP contribution in [0.25, 0.3) is 0 Å². The second kappa shape index (κ2) is 4.40. The van der Waals surface area contributed by atoms with Crippen molar-refractivity contribution in [3.63, 3.8) is 0 Å². The third kappa shape index (κ3) is 5.61. The molecule has 0 nitrogen and oxygen atoms in total. The molecule has 0 unspecified atom stereocenters. The molecule has 0 spiro atoms. The maximum absolute atomic E-state index is 5.14. The van der Waals surface area contributed by atoms with Gasteiger partial charge in [-0.1, -0.05) is 69.6 Å². The van der Waals surface area contributed by atoms with Crippen LogP contribution in [0.3, 0.4) is 0 Å². The Balaban J connectivity index is 0. The van der Waals surface area contributed by atoms with E-state index >= 15 is 0 Å². The molecule has 0 aromatic rings. The summed E-state index contributed by atoms with van der Waals surface area (Å²) in [6, 6.07) is 0. The number of halogens is 6. The van der Waals surface area contributed by atoms with Crippen LogP contribution in [0, 0.1) is 0 Å². The maximum Gasteiger partial charge on any atom is 0.236 e. The summed E-state index contributed by atoms with van der Waals surface area (Å²) < 4.78 is -3.70. The van der Waals surface area contributed by atoms with E-state index in [9.17, 15) is 0 Å². The molecule has 0 radical (unpaired) electrons. The first kappa shape index (κ1) is 13.9. The molecule has 0 bridgehead atoms. The average Bonchev–Trinajstić information content (AvgIpc) is 1.25. The fraction of sp³-hybridized carbons (Fsp3) is 1.00.